The molecule has 1 aromatic carbocycles. The summed E-state index contributed by atoms with van der Waals surface area (Å²) in [7, 11) is 1.25. The Morgan fingerprint density at radius 3 is 2.96 bits per heavy atom. The van der Waals surface area contributed by atoms with E-state index in [9.17, 15) is 14.9 Å². The number of carboxylic acid groups (broad SMARTS) is 1. The molecule has 2 aliphatic heterocycles. The summed E-state index contributed by atoms with van der Waals surface area (Å²) in [6.45, 7) is 2.27. The third-order valence-electron chi connectivity index (χ3n) is 5.13. The van der Waals surface area contributed by atoms with Crippen LogP contribution in [-0.4, -0.2) is 54.0 Å². The highest BCUT2D eigenvalue weighted by atomic mass is 32.2. The molecule has 0 aromatic heterocycles. The molecule has 1 saturated heterocycles. The van der Waals surface area contributed by atoms with E-state index in [1.165, 1.54) is 0 Å². The lowest BCUT2D eigenvalue weighted by Gasteiger charge is -2.36. The lowest BCUT2D eigenvalue weighted by Crippen LogP contribution is -2.43. The first-order valence-corrected chi connectivity index (χ1v) is 9.09. The maximum absolute atomic E-state index is 11.7. The third-order valence-corrected chi connectivity index (χ3v) is 6.22. The van der Waals surface area contributed by atoms with E-state index in [4.69, 9.17) is 4.65 Å². The van der Waals surface area contributed by atoms with Gasteiger partial charge in [0.25, 0.3) is 0 Å². The average molecular weight is 333 g/mol. The SMILES string of the molecule is CN1CC(CCSc2ccc3c(c2C(=O)O)OB(O)[C@H]2C[C@@H]32)C1. The fraction of sp³-hybridized carbons (Fsp3) is 0.562. The maximum Gasteiger partial charge on any atom is 0.526 e. The highest BCUT2D eigenvalue weighted by Crippen LogP contribution is 2.60. The molecule has 1 aromatic rings. The van der Waals surface area contributed by atoms with Gasteiger partial charge < -0.3 is 19.7 Å². The van der Waals surface area contributed by atoms with Gasteiger partial charge in [0.15, 0.2) is 0 Å². The van der Waals surface area contributed by atoms with Crippen molar-refractivity contribution in [2.24, 2.45) is 5.92 Å². The van der Waals surface area contributed by atoms with Crippen molar-refractivity contribution in [3.63, 3.8) is 0 Å². The predicted molar refractivity (Wildman–Crippen MR) is 89.4 cm³/mol. The molecule has 0 amide bonds. The number of thioether (sulfide) groups is 1. The van der Waals surface area contributed by atoms with Crippen molar-refractivity contribution < 1.29 is 19.6 Å². The minimum Gasteiger partial charge on any atom is -0.535 e. The molecule has 0 bridgehead atoms. The Labute approximate surface area is 140 Å². The first kappa shape index (κ1) is 15.4. The van der Waals surface area contributed by atoms with Crippen LogP contribution in [0.15, 0.2) is 17.0 Å². The number of fused-ring (bicyclic) bond motifs is 3. The molecule has 0 spiro atoms. The molecule has 2 heterocycles. The van der Waals surface area contributed by atoms with E-state index in [1.807, 2.05) is 12.1 Å². The minimum atomic E-state index is -0.973. The number of likely N-dealkylation sites (tertiary alicyclic amines) is 1. The normalized spacial score (nSPS) is 26.1. The van der Waals surface area contributed by atoms with Crippen molar-refractivity contribution in [1.82, 2.24) is 4.90 Å². The van der Waals surface area contributed by atoms with E-state index in [1.54, 1.807) is 11.8 Å². The lowest BCUT2D eigenvalue weighted by molar-refractivity contribution is 0.0690. The van der Waals surface area contributed by atoms with E-state index in [0.29, 0.717) is 5.75 Å². The highest BCUT2D eigenvalue weighted by Gasteiger charge is 2.54. The summed E-state index contributed by atoms with van der Waals surface area (Å²) in [5.41, 5.74) is 1.17. The van der Waals surface area contributed by atoms with Gasteiger partial charge in [-0.1, -0.05) is 6.07 Å². The van der Waals surface area contributed by atoms with Crippen LogP contribution < -0.4 is 4.65 Å². The Kier molecular flexibility index (Phi) is 3.82. The first-order valence-electron chi connectivity index (χ1n) is 8.11. The largest absolute Gasteiger partial charge is 0.535 e. The van der Waals surface area contributed by atoms with E-state index in [-0.39, 0.29) is 17.3 Å². The van der Waals surface area contributed by atoms with Crippen LogP contribution in [0.4, 0.5) is 0 Å². The zero-order chi connectivity index (χ0) is 16.1. The zero-order valence-electron chi connectivity index (χ0n) is 13.1. The molecule has 2 atom stereocenters. The molecule has 0 unspecified atom stereocenters. The number of carbonyl (C=O) groups is 1. The number of rotatable bonds is 5. The fourth-order valence-electron chi connectivity index (χ4n) is 3.76. The van der Waals surface area contributed by atoms with Gasteiger partial charge in [-0.2, -0.15) is 0 Å². The van der Waals surface area contributed by atoms with Gasteiger partial charge in [-0.05, 0) is 49.1 Å². The number of aromatic carboxylic acids is 1. The molecule has 0 radical (unpaired) electrons. The monoisotopic (exact) mass is 333 g/mol. The van der Waals surface area contributed by atoms with Gasteiger partial charge in [-0.15, -0.1) is 11.8 Å². The Morgan fingerprint density at radius 1 is 1.48 bits per heavy atom. The smallest absolute Gasteiger partial charge is 0.526 e. The molecular weight excluding hydrogens is 313 g/mol. The highest BCUT2D eigenvalue weighted by molar-refractivity contribution is 7.99. The van der Waals surface area contributed by atoms with Crippen LogP contribution in [0.25, 0.3) is 0 Å². The summed E-state index contributed by atoms with van der Waals surface area (Å²) in [6, 6.07) is 3.90. The summed E-state index contributed by atoms with van der Waals surface area (Å²) in [5.74, 6) is 1.45. The van der Waals surface area contributed by atoms with Gasteiger partial charge in [-0.25, -0.2) is 4.79 Å². The molecule has 1 saturated carbocycles. The molecule has 23 heavy (non-hydrogen) atoms. The van der Waals surface area contributed by atoms with Crippen molar-refractivity contribution in [3.8, 4) is 5.75 Å². The Bertz CT molecular complexity index is 649. The summed E-state index contributed by atoms with van der Waals surface area (Å²) in [4.78, 5) is 14.8. The van der Waals surface area contributed by atoms with Crippen LogP contribution >= 0.6 is 11.8 Å². The topological polar surface area (TPSA) is 70.0 Å². The molecule has 5 nitrogen and oxygen atoms in total. The molecule has 2 fully saturated rings. The summed E-state index contributed by atoms with van der Waals surface area (Å²) < 4.78 is 5.55. The molecule has 4 rings (SSSR count). The Balaban J connectivity index is 1.52. The molecule has 3 aliphatic rings. The summed E-state index contributed by atoms with van der Waals surface area (Å²) in [6.07, 6.45) is 1.98. The molecular formula is C16H20BNO4S. The van der Waals surface area contributed by atoms with Gasteiger partial charge in [0, 0.05) is 23.8 Å². The van der Waals surface area contributed by atoms with E-state index >= 15 is 0 Å². The summed E-state index contributed by atoms with van der Waals surface area (Å²) in [5, 5.41) is 19.6. The van der Waals surface area contributed by atoms with Crippen molar-refractivity contribution in [2.45, 2.75) is 29.5 Å². The first-order chi connectivity index (χ1) is 11.0. The molecule has 2 N–H and O–H groups in total. The van der Waals surface area contributed by atoms with Gasteiger partial charge in [0.05, 0.1) is 0 Å². The van der Waals surface area contributed by atoms with Crippen LogP contribution in [0.1, 0.15) is 34.7 Å². The van der Waals surface area contributed by atoms with E-state index in [2.05, 4.69) is 11.9 Å². The maximum atomic E-state index is 11.7. The Morgan fingerprint density at radius 2 is 2.26 bits per heavy atom. The van der Waals surface area contributed by atoms with Gasteiger partial charge >= 0.3 is 13.1 Å². The molecule has 1 aliphatic carbocycles. The quantitative estimate of drug-likeness (QED) is 0.636. The van der Waals surface area contributed by atoms with Crippen molar-refractivity contribution in [2.75, 3.05) is 25.9 Å². The van der Waals surface area contributed by atoms with Crippen LogP contribution in [-0.2, 0) is 0 Å². The zero-order valence-corrected chi connectivity index (χ0v) is 13.9. The average Bonchev–Trinajstić information content (AvgIpc) is 3.25. The van der Waals surface area contributed by atoms with E-state index in [0.717, 1.165) is 48.1 Å². The number of hydrogen-bond acceptors (Lipinski definition) is 5. The summed E-state index contributed by atoms with van der Waals surface area (Å²) >= 11 is 1.58. The number of carboxylic acids is 1. The molecule has 122 valence electrons. The van der Waals surface area contributed by atoms with Crippen LogP contribution in [0.2, 0.25) is 5.82 Å². The number of hydrogen-bond donors (Lipinski definition) is 2. The van der Waals surface area contributed by atoms with Crippen LogP contribution in [0.3, 0.4) is 0 Å². The second-order valence-electron chi connectivity index (χ2n) is 6.90. The van der Waals surface area contributed by atoms with Gasteiger partial charge in [-0.3, -0.25) is 0 Å². The Hall–Kier alpha value is -1.18. The molecule has 7 heteroatoms. The standard InChI is InChI=1S/C16H20BNO4S/c1-18-7-9(8-18)4-5-23-13-3-2-10-11-6-12(11)17(21)22-15(10)14(13)16(19)20/h2-3,9,11-12,21H,4-8H2,1H3,(H,19,20)/t11-,12-/m0/s1. The van der Waals surface area contributed by atoms with Crippen molar-refractivity contribution in [1.29, 1.82) is 0 Å². The van der Waals surface area contributed by atoms with Crippen LogP contribution in [0, 0.1) is 5.92 Å². The van der Waals surface area contributed by atoms with Gasteiger partial charge in [0.2, 0.25) is 0 Å². The third kappa shape index (κ3) is 2.75. The fourth-order valence-corrected chi connectivity index (χ4v) is 4.92. The minimum absolute atomic E-state index is 0.137. The van der Waals surface area contributed by atoms with Crippen molar-refractivity contribution >= 4 is 24.8 Å². The second kappa shape index (κ2) is 5.72. The van der Waals surface area contributed by atoms with Crippen molar-refractivity contribution in [3.05, 3.63) is 23.3 Å². The van der Waals surface area contributed by atoms with Gasteiger partial charge in [0.1, 0.15) is 11.3 Å². The van der Waals surface area contributed by atoms with Crippen LogP contribution in [0.5, 0.6) is 5.75 Å². The predicted octanol–water partition coefficient (Wildman–Crippen LogP) is 2.16. The lowest BCUT2D eigenvalue weighted by atomic mass is 9.77. The van der Waals surface area contributed by atoms with E-state index < -0.39 is 13.1 Å². The number of benzene rings is 1. The second-order valence-corrected chi connectivity index (χ2v) is 8.04. The number of nitrogens with zero attached hydrogens (tertiary/aromatic N) is 1.